The summed E-state index contributed by atoms with van der Waals surface area (Å²) in [6, 6.07) is 14.1. The fraction of sp³-hybridized carbons (Fsp3) is 0. The zero-order valence-corrected chi connectivity index (χ0v) is 24.8. The van der Waals surface area contributed by atoms with E-state index in [-0.39, 0.29) is 92.2 Å². The summed E-state index contributed by atoms with van der Waals surface area (Å²) < 4.78 is 32.8. The monoisotopic (exact) mass is 552 g/mol. The van der Waals surface area contributed by atoms with E-state index in [0.717, 1.165) is 18.2 Å². The molecule has 0 atom stereocenters. The minimum Gasteiger partial charge on any atom is -0.871 e. The molecule has 0 heterocycles. The Morgan fingerprint density at radius 2 is 1.55 bits per heavy atom. The van der Waals surface area contributed by atoms with E-state index in [0.29, 0.717) is 0 Å². The van der Waals surface area contributed by atoms with Gasteiger partial charge in [0.05, 0.1) is 17.3 Å². The van der Waals surface area contributed by atoms with Crippen molar-refractivity contribution in [2.45, 2.75) is 4.90 Å². The Kier molecular flexibility index (Phi) is 10.5. The smallest absolute Gasteiger partial charge is 0.871 e. The number of carbonyl (C=O) groups excluding carboxylic acids is 1. The van der Waals surface area contributed by atoms with Crippen molar-refractivity contribution in [3.63, 3.8) is 0 Å². The number of fused-ring (bicyclic) bond motifs is 1. The topological polar surface area (TPSA) is 200 Å². The Morgan fingerprint density at radius 1 is 0.868 bits per heavy atom. The van der Waals surface area contributed by atoms with Gasteiger partial charge in [-0.05, 0) is 35.9 Å². The van der Waals surface area contributed by atoms with Crippen molar-refractivity contribution >= 4 is 38.2 Å². The molecule has 12 nitrogen and oxygen atoms in total. The summed E-state index contributed by atoms with van der Waals surface area (Å²) >= 11 is 0. The van der Waals surface area contributed by atoms with Crippen molar-refractivity contribution in [3.8, 4) is 5.75 Å². The van der Waals surface area contributed by atoms with Gasteiger partial charge in [-0.15, -0.1) is 0 Å². The first-order valence-corrected chi connectivity index (χ1v) is 11.5. The summed E-state index contributed by atoms with van der Waals surface area (Å²) in [6.07, 6.45) is 0. The maximum atomic E-state index is 12.8. The van der Waals surface area contributed by atoms with E-state index in [1.165, 1.54) is 48.5 Å². The van der Waals surface area contributed by atoms with Crippen LogP contribution < -0.4 is 102 Å². The molecule has 0 bridgehead atoms. The van der Waals surface area contributed by atoms with E-state index in [9.17, 15) is 37.6 Å². The Bertz CT molecular complexity index is 1870. The molecule has 4 aromatic carbocycles. The predicted octanol–water partition coefficient (Wildman–Crippen LogP) is -7.02. The molecule has 0 aliphatic rings. The fourth-order valence-corrected chi connectivity index (χ4v) is 4.05. The summed E-state index contributed by atoms with van der Waals surface area (Å²) in [7, 11) is -4.69. The van der Waals surface area contributed by atoms with Gasteiger partial charge in [0, 0.05) is 10.8 Å². The molecule has 0 fully saturated rings. The number of aromatic carboxylic acids is 1. The molecule has 0 aromatic heterocycles. The quantitative estimate of drug-likeness (QED) is 0.117. The van der Waals surface area contributed by atoms with Crippen LogP contribution in [0, 0.1) is 0 Å². The Morgan fingerprint density at radius 3 is 2.21 bits per heavy atom. The molecule has 0 radical (unpaired) electrons. The number of benzene rings is 4. The average Bonchev–Trinajstić information content (AvgIpc) is 2.83. The van der Waals surface area contributed by atoms with E-state index >= 15 is 0 Å². The third-order valence-corrected chi connectivity index (χ3v) is 5.90. The van der Waals surface area contributed by atoms with Crippen LogP contribution in [-0.4, -0.2) is 18.9 Å². The van der Waals surface area contributed by atoms with Gasteiger partial charge in [0.15, 0.2) is 5.36 Å². The van der Waals surface area contributed by atoms with Crippen molar-refractivity contribution in [1.82, 2.24) is 0 Å². The van der Waals surface area contributed by atoms with Crippen LogP contribution in [0.15, 0.2) is 91.4 Å². The molecule has 0 saturated carbocycles. The number of anilines is 2. The first kappa shape index (κ1) is 31.3. The fourth-order valence-electron chi connectivity index (χ4n) is 3.34. The number of hydrogen-bond acceptors (Lipinski definition) is 11. The first-order chi connectivity index (χ1) is 17.1. The molecule has 0 saturated heterocycles. The van der Waals surface area contributed by atoms with Crippen molar-refractivity contribution < 1.29 is 87.1 Å². The van der Waals surface area contributed by atoms with Gasteiger partial charge in [0.1, 0.15) is 10.3 Å². The second-order valence-corrected chi connectivity index (χ2v) is 8.73. The molecular formula is C23H14N4Na2O8S. The van der Waals surface area contributed by atoms with Gasteiger partial charge in [-0.1, -0.05) is 42.1 Å². The van der Waals surface area contributed by atoms with Crippen molar-refractivity contribution in [2.75, 3.05) is 10.9 Å². The number of carboxylic acids is 1. The number of nitrogens with one attached hydrogen (secondary N) is 2. The summed E-state index contributed by atoms with van der Waals surface area (Å²) in [5.41, 5.74) is 3.09. The first-order valence-electron chi connectivity index (χ1n) is 10.0. The molecule has 0 amide bonds. The van der Waals surface area contributed by atoms with Crippen LogP contribution in [0.4, 0.5) is 11.4 Å². The Hall–Kier alpha value is -2.88. The number of rotatable bonds is 6. The standard InChI is InChI=1S/C23H16N4O8S.2Na/c28-17-9-8-16(22(30)21(17)27-24-13-5-3-4-12(10-13)23(31)32)25-26-20-15-7-2-1-6-14(15)19(11-18(20)29)36(33,34)35;;/h1-11,24,26,29H,(H,31,32)(H,33,34,35);;/q;2*+1/p-2. The Labute approximate surface area is 258 Å². The zero-order chi connectivity index (χ0) is 26.0. The van der Waals surface area contributed by atoms with E-state index < -0.39 is 42.9 Å². The van der Waals surface area contributed by atoms with Gasteiger partial charge in [0.2, 0.25) is 10.9 Å². The van der Waals surface area contributed by atoms with Crippen LogP contribution in [-0.2, 0) is 10.1 Å². The minimum atomic E-state index is -4.69. The van der Waals surface area contributed by atoms with E-state index in [1.54, 1.807) is 0 Å². The van der Waals surface area contributed by atoms with Crippen LogP contribution in [0.2, 0.25) is 0 Å². The van der Waals surface area contributed by atoms with Gasteiger partial charge in [-0.3, -0.25) is 25.0 Å². The molecular weight excluding hydrogens is 538 g/mol. The zero-order valence-electron chi connectivity index (χ0n) is 20.0. The van der Waals surface area contributed by atoms with Crippen molar-refractivity contribution in [1.29, 1.82) is 0 Å². The van der Waals surface area contributed by atoms with Gasteiger partial charge >= 0.3 is 59.1 Å². The predicted molar refractivity (Wildman–Crippen MR) is 124 cm³/mol. The van der Waals surface area contributed by atoms with Gasteiger partial charge in [-0.25, -0.2) is 0 Å². The van der Waals surface area contributed by atoms with Crippen LogP contribution in [0.3, 0.4) is 0 Å². The summed E-state index contributed by atoms with van der Waals surface area (Å²) in [5, 5.41) is 30.5. The Balaban J connectivity index is 0.00000253. The molecule has 15 heteroatoms. The SMILES string of the molecule is O=C([O-])c1cccc(NN=c2c(=O)ccc(=NNc3c([O-])cc(S(=O)(=O)O)c4ccccc34)c2=O)c1.[Na+].[Na+]. The molecule has 38 heavy (non-hydrogen) atoms. The maximum Gasteiger partial charge on any atom is 1.00 e. The summed E-state index contributed by atoms with van der Waals surface area (Å²) in [4.78, 5) is 35.4. The van der Waals surface area contributed by atoms with Crippen molar-refractivity contribution in [3.05, 3.63) is 103 Å². The molecule has 3 N–H and O–H groups in total. The van der Waals surface area contributed by atoms with Gasteiger partial charge in [-0.2, -0.15) is 18.6 Å². The third-order valence-electron chi connectivity index (χ3n) is 5.01. The number of hydrogen-bond donors (Lipinski definition) is 3. The number of nitrogens with zero attached hydrogens (tertiary/aromatic N) is 2. The molecule has 0 spiro atoms. The summed E-state index contributed by atoms with van der Waals surface area (Å²) in [6.45, 7) is 0. The normalized spacial score (nSPS) is 11.9. The molecule has 182 valence electrons. The molecule has 0 unspecified atom stereocenters. The van der Waals surface area contributed by atoms with Gasteiger partial charge < -0.3 is 15.0 Å². The third kappa shape index (κ3) is 6.76. The molecule has 4 rings (SSSR count). The van der Waals surface area contributed by atoms with Gasteiger partial charge in [0.25, 0.3) is 10.1 Å². The largest absolute Gasteiger partial charge is 1.00 e. The van der Waals surface area contributed by atoms with Crippen LogP contribution in [0.5, 0.6) is 5.75 Å². The van der Waals surface area contributed by atoms with Crippen LogP contribution in [0.1, 0.15) is 10.4 Å². The molecule has 4 aromatic rings. The van der Waals surface area contributed by atoms with Crippen molar-refractivity contribution in [2.24, 2.45) is 10.2 Å². The van der Waals surface area contributed by atoms with Crippen LogP contribution in [0.25, 0.3) is 10.8 Å². The summed E-state index contributed by atoms with van der Waals surface area (Å²) in [5.74, 6) is -2.24. The van der Waals surface area contributed by atoms with E-state index in [4.69, 9.17) is 0 Å². The average molecular weight is 552 g/mol. The minimum absolute atomic E-state index is 0. The molecule has 0 aliphatic carbocycles. The van der Waals surface area contributed by atoms with E-state index in [2.05, 4.69) is 21.1 Å². The number of carbonyl (C=O) groups is 1. The second kappa shape index (κ2) is 12.8. The van der Waals surface area contributed by atoms with E-state index in [1.807, 2.05) is 0 Å². The maximum absolute atomic E-state index is 12.8. The second-order valence-electron chi connectivity index (χ2n) is 7.34. The van der Waals surface area contributed by atoms with Crippen LogP contribution >= 0.6 is 0 Å². The molecule has 0 aliphatic heterocycles. The number of carboxylic acid groups (broad SMARTS) is 1.